The van der Waals surface area contributed by atoms with E-state index in [-0.39, 0.29) is 5.70 Å². The maximum absolute atomic E-state index is 12.4. The van der Waals surface area contributed by atoms with Gasteiger partial charge in [-0.15, -0.1) is 0 Å². The minimum Gasteiger partial charge on any atom is -0.439 e. The number of hydrogen-bond acceptors (Lipinski definition) is 4. The number of carbonyl (C=O) groups excluding carboxylic acids is 1. The molecule has 172 valence electrons. The van der Waals surface area contributed by atoms with Crippen molar-refractivity contribution >= 4 is 17.2 Å². The van der Waals surface area contributed by atoms with Gasteiger partial charge in [0.1, 0.15) is 5.76 Å². The van der Waals surface area contributed by atoms with Gasteiger partial charge in [-0.1, -0.05) is 80.1 Å². The molecule has 3 aromatic rings. The number of cyclic esters (lactones) is 1. The summed E-state index contributed by atoms with van der Waals surface area (Å²) in [7, 11) is 0. The van der Waals surface area contributed by atoms with Gasteiger partial charge in [-0.25, -0.2) is 4.85 Å². The van der Waals surface area contributed by atoms with Crippen LogP contribution in [0.1, 0.15) is 25.3 Å². The second kappa shape index (κ2) is 9.74. The number of nitrogens with zero attached hydrogens (tertiary/aromatic N) is 2. The molecule has 5 heteroatoms. The molecule has 5 nitrogen and oxygen atoms in total. The van der Waals surface area contributed by atoms with Crippen molar-refractivity contribution in [1.82, 2.24) is 0 Å². The lowest BCUT2D eigenvalue weighted by Gasteiger charge is -2.18. The van der Waals surface area contributed by atoms with Gasteiger partial charge in [0.25, 0.3) is 5.70 Å². The van der Waals surface area contributed by atoms with Crippen LogP contribution < -0.4 is 9.64 Å². The molecule has 0 bridgehead atoms. The zero-order valence-electron chi connectivity index (χ0n) is 19.4. The maximum Gasteiger partial charge on any atom is 0.342 e. The Hall–Kier alpha value is -4.56. The summed E-state index contributed by atoms with van der Waals surface area (Å²) in [4.78, 5) is 17.9. The van der Waals surface area contributed by atoms with E-state index >= 15 is 0 Å². The molecule has 2 heterocycles. The second-order valence-corrected chi connectivity index (χ2v) is 8.28. The lowest BCUT2D eigenvalue weighted by atomic mass is 10.0. The molecule has 2 aliphatic rings. The van der Waals surface area contributed by atoms with Crippen LogP contribution in [0.5, 0.6) is 5.75 Å². The van der Waals surface area contributed by atoms with E-state index in [1.165, 1.54) is 0 Å². The van der Waals surface area contributed by atoms with Crippen LogP contribution in [0, 0.1) is 6.57 Å². The Morgan fingerprint density at radius 3 is 2.29 bits per heavy atom. The molecule has 0 saturated heterocycles. The third kappa shape index (κ3) is 4.34. The predicted molar refractivity (Wildman–Crippen MR) is 137 cm³/mol. The average molecular weight is 461 g/mol. The normalized spacial score (nSPS) is 16.9. The highest BCUT2D eigenvalue weighted by Gasteiger charge is 2.32. The second-order valence-electron chi connectivity index (χ2n) is 8.28. The average Bonchev–Trinajstić information content (AvgIpc) is 3.42. The Labute approximate surface area is 205 Å². The van der Waals surface area contributed by atoms with Gasteiger partial charge in [0.15, 0.2) is 5.75 Å². The molecule has 0 saturated carbocycles. The molecular weight excluding hydrogens is 436 g/mol. The Balaban J connectivity index is 1.52. The van der Waals surface area contributed by atoms with Gasteiger partial charge in [0.05, 0.1) is 12.3 Å². The zero-order chi connectivity index (χ0) is 24.2. The van der Waals surface area contributed by atoms with Gasteiger partial charge in [-0.2, -0.15) is 0 Å². The van der Waals surface area contributed by atoms with E-state index in [0.29, 0.717) is 17.2 Å². The van der Waals surface area contributed by atoms with Crippen LogP contribution in [0.4, 0.5) is 5.69 Å². The lowest BCUT2D eigenvalue weighted by Crippen LogP contribution is -2.21. The number of carbonyl (C=O) groups is 1. The van der Waals surface area contributed by atoms with Crippen molar-refractivity contribution < 1.29 is 14.3 Å². The first kappa shape index (κ1) is 22.2. The maximum atomic E-state index is 12.4. The highest BCUT2D eigenvalue weighted by molar-refractivity contribution is 6.08. The van der Waals surface area contributed by atoms with Crippen molar-refractivity contribution in [3.63, 3.8) is 0 Å². The monoisotopic (exact) mass is 460 g/mol. The topological polar surface area (TPSA) is 43.1 Å². The van der Waals surface area contributed by atoms with Crippen LogP contribution in [0.3, 0.4) is 0 Å². The van der Waals surface area contributed by atoms with Crippen molar-refractivity contribution in [1.29, 1.82) is 0 Å². The summed E-state index contributed by atoms with van der Waals surface area (Å²) in [6.07, 6.45) is 5.58. The van der Waals surface area contributed by atoms with Gasteiger partial charge in [0.2, 0.25) is 5.88 Å². The molecule has 0 unspecified atom stereocenters. The van der Waals surface area contributed by atoms with Crippen molar-refractivity contribution in [2.24, 2.45) is 0 Å². The number of rotatable bonds is 6. The molecule has 0 radical (unpaired) electrons. The zero-order valence-corrected chi connectivity index (χ0v) is 19.4. The van der Waals surface area contributed by atoms with Gasteiger partial charge in [-0.3, -0.25) is 4.79 Å². The molecule has 5 rings (SSSR count). The van der Waals surface area contributed by atoms with Crippen LogP contribution in [0.15, 0.2) is 108 Å². The predicted octanol–water partition coefficient (Wildman–Crippen LogP) is 6.97. The van der Waals surface area contributed by atoms with Crippen LogP contribution >= 0.6 is 0 Å². The van der Waals surface area contributed by atoms with Crippen molar-refractivity contribution in [2.75, 3.05) is 11.4 Å². The van der Waals surface area contributed by atoms with Gasteiger partial charge < -0.3 is 14.4 Å². The van der Waals surface area contributed by atoms with Crippen LogP contribution in [0.2, 0.25) is 0 Å². The van der Waals surface area contributed by atoms with Gasteiger partial charge in [-0.05, 0) is 41.3 Å². The summed E-state index contributed by atoms with van der Waals surface area (Å²) >= 11 is 0. The van der Waals surface area contributed by atoms with E-state index < -0.39 is 5.97 Å². The number of benzene rings is 3. The first-order chi connectivity index (χ1) is 17.2. The minimum atomic E-state index is -0.630. The van der Waals surface area contributed by atoms with Crippen LogP contribution in [-0.4, -0.2) is 12.5 Å². The fourth-order valence-electron chi connectivity index (χ4n) is 4.25. The van der Waals surface area contributed by atoms with E-state index in [4.69, 9.17) is 16.0 Å². The number of anilines is 1. The Bertz CT molecular complexity index is 1400. The van der Waals surface area contributed by atoms with E-state index in [1.807, 2.05) is 60.7 Å². The minimum absolute atomic E-state index is 0.00758. The highest BCUT2D eigenvalue weighted by atomic mass is 16.5. The fourth-order valence-corrected chi connectivity index (χ4v) is 4.25. The standard InChI is InChI=1S/C30H24N2O3/c1-3-4-19-32-24-20-23(21-11-7-5-8-12-21)15-16-25(24)34-27(32)18-17-26-28(22-13-9-6-10-14-22)29(31-2)30(33)35-26/h5-18,20H,3-4,19H2,1H3/b26-17-,27-18-. The SMILES string of the molecule is [C-]#[N+]C1=C(c2ccccc2)/C(=C/C=C2\Oc3ccc(-c4ccccc4)cc3N2CCCC)OC1=O. The third-order valence-corrected chi connectivity index (χ3v) is 6.00. The molecule has 2 aliphatic heterocycles. The summed E-state index contributed by atoms with van der Waals surface area (Å²) in [5.74, 6) is 1.16. The van der Waals surface area contributed by atoms with Crippen molar-refractivity contribution in [3.05, 3.63) is 125 Å². The molecule has 0 aromatic heterocycles. The van der Waals surface area contributed by atoms with Gasteiger partial charge >= 0.3 is 5.97 Å². The Morgan fingerprint density at radius 2 is 1.60 bits per heavy atom. The highest BCUT2D eigenvalue weighted by Crippen LogP contribution is 2.42. The lowest BCUT2D eigenvalue weighted by molar-refractivity contribution is -0.132. The molecule has 0 aliphatic carbocycles. The summed E-state index contributed by atoms with van der Waals surface area (Å²) in [6.45, 7) is 10.4. The van der Waals surface area contributed by atoms with E-state index in [0.717, 1.165) is 47.5 Å². The number of unbranched alkanes of at least 4 members (excludes halogenated alkanes) is 1. The van der Waals surface area contributed by atoms with Crippen molar-refractivity contribution in [2.45, 2.75) is 19.8 Å². The van der Waals surface area contributed by atoms with E-state index in [1.54, 1.807) is 6.08 Å². The summed E-state index contributed by atoms with van der Waals surface area (Å²) < 4.78 is 11.7. The number of esters is 1. The fraction of sp³-hybridized carbons (Fsp3) is 0.133. The molecule has 3 aromatic carbocycles. The molecular formula is C30H24N2O3. The Morgan fingerprint density at radius 1 is 0.886 bits per heavy atom. The van der Waals surface area contributed by atoms with Crippen LogP contribution in [0.25, 0.3) is 21.5 Å². The Kier molecular flexibility index (Phi) is 6.19. The van der Waals surface area contributed by atoms with E-state index in [2.05, 4.69) is 40.9 Å². The summed E-state index contributed by atoms with van der Waals surface area (Å²) in [5, 5.41) is 0. The van der Waals surface area contributed by atoms with Gasteiger partial charge in [0, 0.05) is 18.2 Å². The smallest absolute Gasteiger partial charge is 0.342 e. The third-order valence-electron chi connectivity index (χ3n) is 6.00. The number of hydrogen-bond donors (Lipinski definition) is 0. The molecule has 0 amide bonds. The first-order valence-electron chi connectivity index (χ1n) is 11.7. The van der Waals surface area contributed by atoms with Crippen molar-refractivity contribution in [3.8, 4) is 16.9 Å². The number of ether oxygens (including phenoxy) is 2. The summed E-state index contributed by atoms with van der Waals surface area (Å²) in [5.41, 5.74) is 4.53. The largest absolute Gasteiger partial charge is 0.439 e. The molecule has 0 spiro atoms. The quantitative estimate of drug-likeness (QED) is 0.294. The molecule has 35 heavy (non-hydrogen) atoms. The number of fused-ring (bicyclic) bond motifs is 1. The molecule has 0 N–H and O–H groups in total. The van der Waals surface area contributed by atoms with Crippen LogP contribution in [-0.2, 0) is 9.53 Å². The first-order valence-corrected chi connectivity index (χ1v) is 11.7. The number of allylic oxidation sites excluding steroid dienone is 3. The molecule has 0 fully saturated rings. The molecule has 0 atom stereocenters. The van der Waals surface area contributed by atoms with E-state index in [9.17, 15) is 4.79 Å². The summed E-state index contributed by atoms with van der Waals surface area (Å²) in [6, 6.07) is 25.8.